The Morgan fingerprint density at radius 2 is 1.88 bits per heavy atom. The first-order chi connectivity index (χ1) is 7.44. The van der Waals surface area contributed by atoms with Crippen LogP contribution in [0, 0.1) is 0 Å². The van der Waals surface area contributed by atoms with Crippen LogP contribution < -0.4 is 5.73 Å². The van der Waals surface area contributed by atoms with E-state index in [2.05, 4.69) is 0 Å². The van der Waals surface area contributed by atoms with Crippen LogP contribution in [0.25, 0.3) is 0 Å². The molecule has 0 atom stereocenters. The van der Waals surface area contributed by atoms with E-state index in [0.717, 1.165) is 12.5 Å². The molecule has 0 spiro atoms. The highest BCUT2D eigenvalue weighted by Gasteiger charge is 2.37. The molecule has 16 heavy (non-hydrogen) atoms. The van der Waals surface area contributed by atoms with Gasteiger partial charge in [-0.3, -0.25) is 0 Å². The molecular formula is C11H13NO4. The molecule has 0 radical (unpaired) electrons. The summed E-state index contributed by atoms with van der Waals surface area (Å²) in [4.78, 5) is 10.8. The number of benzene rings is 1. The van der Waals surface area contributed by atoms with Crippen molar-refractivity contribution in [3.63, 3.8) is 0 Å². The Kier molecular flexibility index (Phi) is 2.27. The van der Waals surface area contributed by atoms with Crippen molar-refractivity contribution in [2.24, 2.45) is 5.73 Å². The van der Waals surface area contributed by atoms with E-state index >= 15 is 0 Å². The summed E-state index contributed by atoms with van der Waals surface area (Å²) in [7, 11) is 0. The Hall–Kier alpha value is -1.75. The molecule has 0 unspecified atom stereocenters. The number of carbonyl (C=O) groups is 1. The van der Waals surface area contributed by atoms with E-state index < -0.39 is 17.3 Å². The summed E-state index contributed by atoms with van der Waals surface area (Å²) in [5, 5.41) is 27.9. The second-order valence-corrected chi connectivity index (χ2v) is 4.20. The molecule has 0 aromatic heterocycles. The zero-order chi connectivity index (χ0) is 11.9. The molecule has 1 aliphatic rings. The van der Waals surface area contributed by atoms with E-state index in [1.54, 1.807) is 0 Å². The molecule has 0 amide bonds. The molecule has 0 bridgehead atoms. The molecule has 2 rings (SSSR count). The zero-order valence-corrected chi connectivity index (χ0v) is 8.60. The summed E-state index contributed by atoms with van der Waals surface area (Å²) in [5.74, 6) is -1.83. The predicted molar refractivity (Wildman–Crippen MR) is 56.4 cm³/mol. The summed E-state index contributed by atoms with van der Waals surface area (Å²) in [6, 6.07) is 2.29. The van der Waals surface area contributed by atoms with Gasteiger partial charge < -0.3 is 21.1 Å². The van der Waals surface area contributed by atoms with Gasteiger partial charge in [-0.1, -0.05) is 0 Å². The van der Waals surface area contributed by atoms with E-state index in [1.165, 1.54) is 6.07 Å². The molecule has 1 saturated carbocycles. The van der Waals surface area contributed by atoms with Gasteiger partial charge in [0, 0.05) is 17.2 Å². The summed E-state index contributed by atoms with van der Waals surface area (Å²) in [5.41, 5.74) is 5.52. The largest absolute Gasteiger partial charge is 0.507 e. The number of phenols is 2. The van der Waals surface area contributed by atoms with E-state index in [1.807, 2.05) is 0 Å². The minimum atomic E-state index is -1.23. The van der Waals surface area contributed by atoms with Gasteiger partial charge in [0.05, 0.1) is 0 Å². The van der Waals surface area contributed by atoms with Crippen LogP contribution in [-0.4, -0.2) is 21.3 Å². The molecule has 1 fully saturated rings. The molecule has 5 N–H and O–H groups in total. The maximum Gasteiger partial charge on any atom is 0.339 e. The monoisotopic (exact) mass is 223 g/mol. The highest BCUT2D eigenvalue weighted by Crippen LogP contribution is 2.44. The smallest absolute Gasteiger partial charge is 0.339 e. The maximum atomic E-state index is 10.8. The Balaban J connectivity index is 2.53. The molecule has 86 valence electrons. The number of carboxylic acid groups (broad SMARTS) is 1. The third-order valence-corrected chi connectivity index (χ3v) is 3.13. The number of rotatable bonds is 2. The van der Waals surface area contributed by atoms with Gasteiger partial charge in [-0.05, 0) is 25.3 Å². The lowest BCUT2D eigenvalue weighted by atomic mass is 9.72. The summed E-state index contributed by atoms with van der Waals surface area (Å²) in [6.45, 7) is 0. The van der Waals surface area contributed by atoms with Crippen molar-refractivity contribution < 1.29 is 20.1 Å². The topological polar surface area (TPSA) is 104 Å². The van der Waals surface area contributed by atoms with E-state index in [9.17, 15) is 15.0 Å². The molecular weight excluding hydrogens is 210 g/mol. The number of aromatic hydroxyl groups is 2. The molecule has 5 heteroatoms. The van der Waals surface area contributed by atoms with Crippen LogP contribution in [0.3, 0.4) is 0 Å². The number of hydrogen-bond donors (Lipinski definition) is 4. The van der Waals surface area contributed by atoms with Gasteiger partial charge in [-0.15, -0.1) is 0 Å². The Morgan fingerprint density at radius 1 is 1.25 bits per heavy atom. The van der Waals surface area contributed by atoms with Crippen molar-refractivity contribution in [3.05, 3.63) is 23.3 Å². The van der Waals surface area contributed by atoms with Crippen LogP contribution in [0.4, 0.5) is 0 Å². The quantitative estimate of drug-likeness (QED) is 0.601. The van der Waals surface area contributed by atoms with Crippen molar-refractivity contribution in [2.75, 3.05) is 0 Å². The molecule has 0 aliphatic heterocycles. The van der Waals surface area contributed by atoms with Crippen molar-refractivity contribution in [3.8, 4) is 11.5 Å². The lowest BCUT2D eigenvalue weighted by molar-refractivity contribution is 0.0693. The SMILES string of the molecule is NC1(c2cc(C(=O)O)c(O)cc2O)CCC1. The third-order valence-electron chi connectivity index (χ3n) is 3.13. The van der Waals surface area contributed by atoms with Gasteiger partial charge >= 0.3 is 5.97 Å². The first-order valence-electron chi connectivity index (χ1n) is 5.03. The molecule has 1 aromatic rings. The molecule has 1 aliphatic carbocycles. The third kappa shape index (κ3) is 1.49. The van der Waals surface area contributed by atoms with Gasteiger partial charge in [-0.25, -0.2) is 4.79 Å². The Bertz CT molecular complexity index is 452. The summed E-state index contributed by atoms with van der Waals surface area (Å²) in [6.07, 6.45) is 2.38. The van der Waals surface area contributed by atoms with Gasteiger partial charge in [-0.2, -0.15) is 0 Å². The van der Waals surface area contributed by atoms with Crippen LogP contribution in [0.1, 0.15) is 35.2 Å². The van der Waals surface area contributed by atoms with Crippen molar-refractivity contribution in [1.29, 1.82) is 0 Å². The fourth-order valence-electron chi connectivity index (χ4n) is 1.97. The fraction of sp³-hybridized carbons (Fsp3) is 0.364. The fourth-order valence-corrected chi connectivity index (χ4v) is 1.97. The van der Waals surface area contributed by atoms with Gasteiger partial charge in [0.2, 0.25) is 0 Å². The standard InChI is InChI=1S/C11H13NO4/c12-11(2-1-3-11)7-4-6(10(15)16)8(13)5-9(7)14/h4-5,13-14H,1-3,12H2,(H,15,16). The molecule has 0 heterocycles. The molecule has 1 aromatic carbocycles. The van der Waals surface area contributed by atoms with Gasteiger partial charge in [0.1, 0.15) is 17.1 Å². The van der Waals surface area contributed by atoms with Crippen LogP contribution >= 0.6 is 0 Å². The maximum absolute atomic E-state index is 10.8. The minimum absolute atomic E-state index is 0.148. The van der Waals surface area contributed by atoms with Crippen molar-refractivity contribution in [1.82, 2.24) is 0 Å². The zero-order valence-electron chi connectivity index (χ0n) is 8.60. The number of hydrogen-bond acceptors (Lipinski definition) is 4. The van der Waals surface area contributed by atoms with Gasteiger partial charge in [0.15, 0.2) is 0 Å². The number of phenolic OH excluding ortho intramolecular Hbond substituents is 1. The van der Waals surface area contributed by atoms with Crippen molar-refractivity contribution in [2.45, 2.75) is 24.8 Å². The summed E-state index contributed by atoms with van der Waals surface area (Å²) < 4.78 is 0. The highest BCUT2D eigenvalue weighted by atomic mass is 16.4. The van der Waals surface area contributed by atoms with Crippen LogP contribution in [0.2, 0.25) is 0 Å². The van der Waals surface area contributed by atoms with E-state index in [-0.39, 0.29) is 11.3 Å². The summed E-state index contributed by atoms with van der Waals surface area (Å²) >= 11 is 0. The van der Waals surface area contributed by atoms with Gasteiger partial charge in [0.25, 0.3) is 0 Å². The normalized spacial score (nSPS) is 17.8. The van der Waals surface area contributed by atoms with Crippen LogP contribution in [0.15, 0.2) is 12.1 Å². The number of carboxylic acids is 1. The second-order valence-electron chi connectivity index (χ2n) is 4.20. The average Bonchev–Trinajstić information content (AvgIpc) is 2.13. The highest BCUT2D eigenvalue weighted by molar-refractivity contribution is 5.91. The van der Waals surface area contributed by atoms with Crippen molar-refractivity contribution >= 4 is 5.97 Å². The minimum Gasteiger partial charge on any atom is -0.507 e. The predicted octanol–water partition coefficient (Wildman–Crippen LogP) is 1.13. The Labute approximate surface area is 92.1 Å². The number of nitrogens with two attached hydrogens (primary N) is 1. The van der Waals surface area contributed by atoms with E-state index in [4.69, 9.17) is 10.8 Å². The Morgan fingerprint density at radius 3 is 2.31 bits per heavy atom. The first kappa shape index (κ1) is 10.8. The average molecular weight is 223 g/mol. The lowest BCUT2D eigenvalue weighted by Gasteiger charge is -2.39. The van der Waals surface area contributed by atoms with Crippen LogP contribution in [0.5, 0.6) is 11.5 Å². The lowest BCUT2D eigenvalue weighted by Crippen LogP contribution is -2.43. The molecule has 0 saturated heterocycles. The van der Waals surface area contributed by atoms with Crippen LogP contribution in [-0.2, 0) is 5.54 Å². The van der Waals surface area contributed by atoms with E-state index in [0.29, 0.717) is 18.4 Å². The first-order valence-corrected chi connectivity index (χ1v) is 5.03. The molecule has 5 nitrogen and oxygen atoms in total. The second kappa shape index (κ2) is 3.38. The number of aromatic carboxylic acids is 1.